The number of amides is 4. The van der Waals surface area contributed by atoms with Gasteiger partial charge in [-0.25, -0.2) is 14.4 Å². The molecule has 1 aliphatic heterocycles. The predicted molar refractivity (Wildman–Crippen MR) is 173 cm³/mol. The van der Waals surface area contributed by atoms with E-state index < -0.39 is 47.9 Å². The van der Waals surface area contributed by atoms with E-state index >= 15 is 0 Å². The molecule has 3 rings (SSSR count). The second-order valence-electron chi connectivity index (χ2n) is 12.6. The van der Waals surface area contributed by atoms with Crippen LogP contribution in [0.3, 0.4) is 0 Å². The molecule has 0 spiro atoms. The molecule has 46 heavy (non-hydrogen) atoms. The first-order valence-electron chi connectivity index (χ1n) is 14.9. The van der Waals surface area contributed by atoms with Crippen molar-refractivity contribution in [3.63, 3.8) is 0 Å². The maximum Gasteiger partial charge on any atom is 0.328 e. The Labute approximate surface area is 273 Å². The van der Waals surface area contributed by atoms with Gasteiger partial charge in [0, 0.05) is 42.4 Å². The Hall–Kier alpha value is -4.20. The van der Waals surface area contributed by atoms with Crippen LogP contribution in [-0.2, 0) is 23.9 Å². The molecule has 1 heterocycles. The molecule has 0 aromatic heterocycles. The molecule has 1 fully saturated rings. The maximum absolute atomic E-state index is 13.1. The van der Waals surface area contributed by atoms with Crippen LogP contribution in [0.15, 0.2) is 48.5 Å². The lowest BCUT2D eigenvalue weighted by Gasteiger charge is -2.22. The smallest absolute Gasteiger partial charge is 0.328 e. The molecule has 13 nitrogen and oxygen atoms in total. The fourth-order valence-electron chi connectivity index (χ4n) is 5.04. The lowest BCUT2D eigenvalue weighted by molar-refractivity contribution is -0.145. The van der Waals surface area contributed by atoms with E-state index in [0.717, 1.165) is 5.56 Å². The zero-order valence-electron chi connectivity index (χ0n) is 26.3. The number of likely N-dealkylation sites (N-methyl/N-ethyl adjacent to an activating group) is 1. The molecule has 250 valence electrons. The van der Waals surface area contributed by atoms with Gasteiger partial charge in [0.25, 0.3) is 0 Å². The number of halogens is 1. The summed E-state index contributed by atoms with van der Waals surface area (Å²) in [7, 11) is 1.79. The zero-order chi connectivity index (χ0) is 34.0. The van der Waals surface area contributed by atoms with E-state index in [-0.39, 0.29) is 37.4 Å². The fraction of sp³-hybridized carbons (Fsp3) is 0.469. The van der Waals surface area contributed by atoms with Crippen molar-refractivity contribution in [2.75, 3.05) is 37.4 Å². The van der Waals surface area contributed by atoms with Crippen LogP contribution >= 0.6 is 11.6 Å². The lowest BCUT2D eigenvalue weighted by atomic mass is 9.92. The van der Waals surface area contributed by atoms with Crippen molar-refractivity contribution in [3.05, 3.63) is 59.1 Å². The van der Waals surface area contributed by atoms with Crippen molar-refractivity contribution < 1.29 is 38.9 Å². The van der Waals surface area contributed by atoms with Gasteiger partial charge in [-0.15, -0.1) is 0 Å². The SMILES string of the molecule is CN1CC(c2ccc(NC(=O)Nc3ccc(Cl)cc3)cc2)CC1C(=O)NC(COCCC(NC(=O)CC(C)(C)C)C(=O)O)C(=O)O. The standard InChI is InChI=1S/C32H42ClN5O8/c1-32(2,3)16-27(39)36-24(29(41)42)13-14-46-18-25(30(43)44)37-28(40)26-15-20(17-38(26)4)19-5-9-22(10-6-19)34-31(45)35-23-11-7-21(33)8-12-23/h5-12,20,24-26H,13-18H2,1-4H3,(H,36,39)(H,37,40)(H,41,42)(H,43,44)(H2,34,35,45). The van der Waals surface area contributed by atoms with Crippen LogP contribution in [0.2, 0.25) is 5.02 Å². The highest BCUT2D eigenvalue weighted by molar-refractivity contribution is 6.30. The number of aliphatic carboxylic acids is 2. The van der Waals surface area contributed by atoms with E-state index in [1.54, 1.807) is 43.4 Å². The van der Waals surface area contributed by atoms with Gasteiger partial charge in [0.1, 0.15) is 6.04 Å². The van der Waals surface area contributed by atoms with Crippen molar-refractivity contribution in [1.29, 1.82) is 0 Å². The molecule has 0 radical (unpaired) electrons. The third kappa shape index (κ3) is 11.6. The van der Waals surface area contributed by atoms with Crippen LogP contribution in [-0.4, -0.2) is 89.8 Å². The summed E-state index contributed by atoms with van der Waals surface area (Å²) >= 11 is 5.87. The lowest BCUT2D eigenvalue weighted by Crippen LogP contribution is -2.50. The van der Waals surface area contributed by atoms with Gasteiger partial charge >= 0.3 is 18.0 Å². The maximum atomic E-state index is 13.1. The molecular formula is C32H42ClN5O8. The summed E-state index contributed by atoms with van der Waals surface area (Å²) in [6.45, 7) is 5.64. The quantitative estimate of drug-likeness (QED) is 0.164. The summed E-state index contributed by atoms with van der Waals surface area (Å²) in [5, 5.41) is 30.2. The van der Waals surface area contributed by atoms with Crippen LogP contribution in [0.1, 0.15) is 51.5 Å². The minimum Gasteiger partial charge on any atom is -0.480 e. The van der Waals surface area contributed by atoms with Crippen molar-refractivity contribution in [3.8, 4) is 0 Å². The van der Waals surface area contributed by atoms with Crippen molar-refractivity contribution in [1.82, 2.24) is 15.5 Å². The topological polar surface area (TPSA) is 186 Å². The summed E-state index contributed by atoms with van der Waals surface area (Å²) in [4.78, 5) is 62.8. The van der Waals surface area contributed by atoms with Gasteiger partial charge in [0.05, 0.1) is 12.6 Å². The Kier molecular flexibility index (Phi) is 12.9. The molecule has 14 heteroatoms. The largest absolute Gasteiger partial charge is 0.480 e. The number of carbonyl (C=O) groups excluding carboxylic acids is 3. The van der Waals surface area contributed by atoms with Crippen LogP contribution in [0.4, 0.5) is 16.2 Å². The van der Waals surface area contributed by atoms with Crippen LogP contribution < -0.4 is 21.3 Å². The fourth-order valence-corrected chi connectivity index (χ4v) is 5.17. The highest BCUT2D eigenvalue weighted by Crippen LogP contribution is 2.31. The molecule has 6 N–H and O–H groups in total. The first-order chi connectivity index (χ1) is 21.6. The minimum absolute atomic E-state index is 0.00123. The minimum atomic E-state index is -1.34. The van der Waals surface area contributed by atoms with E-state index in [2.05, 4.69) is 21.3 Å². The average Bonchev–Trinajstić information content (AvgIpc) is 3.35. The van der Waals surface area contributed by atoms with E-state index in [9.17, 15) is 34.2 Å². The molecule has 2 aromatic rings. The van der Waals surface area contributed by atoms with E-state index in [4.69, 9.17) is 16.3 Å². The van der Waals surface area contributed by atoms with Crippen LogP contribution in [0.5, 0.6) is 0 Å². The Morgan fingerprint density at radius 2 is 1.48 bits per heavy atom. The van der Waals surface area contributed by atoms with Crippen LogP contribution in [0, 0.1) is 5.41 Å². The molecular weight excluding hydrogens is 618 g/mol. The van der Waals surface area contributed by atoms with Gasteiger partial charge in [-0.1, -0.05) is 44.5 Å². The molecule has 1 saturated heterocycles. The number of nitrogens with zero attached hydrogens (tertiary/aromatic N) is 1. The van der Waals surface area contributed by atoms with Crippen molar-refractivity contribution >= 4 is 52.8 Å². The second kappa shape index (κ2) is 16.4. The van der Waals surface area contributed by atoms with E-state index in [0.29, 0.717) is 29.4 Å². The molecule has 4 amide bonds. The van der Waals surface area contributed by atoms with Gasteiger partial charge < -0.3 is 36.2 Å². The number of carboxylic acid groups (broad SMARTS) is 2. The Balaban J connectivity index is 1.47. The summed E-state index contributed by atoms with van der Waals surface area (Å²) in [6, 6.07) is 10.5. The van der Waals surface area contributed by atoms with Crippen molar-refractivity contribution in [2.24, 2.45) is 5.41 Å². The summed E-state index contributed by atoms with van der Waals surface area (Å²) in [6.07, 6.45) is 0.530. The number of rotatable bonds is 14. The predicted octanol–water partition coefficient (Wildman–Crippen LogP) is 3.75. The van der Waals surface area contributed by atoms with Gasteiger partial charge in [0.2, 0.25) is 11.8 Å². The Bertz CT molecular complexity index is 1380. The van der Waals surface area contributed by atoms with Gasteiger partial charge in [-0.2, -0.15) is 0 Å². The number of urea groups is 1. The summed E-state index contributed by atoms with van der Waals surface area (Å²) < 4.78 is 5.41. The Morgan fingerprint density at radius 1 is 0.913 bits per heavy atom. The number of ether oxygens (including phenoxy) is 1. The van der Waals surface area contributed by atoms with Gasteiger partial charge in [-0.3, -0.25) is 14.5 Å². The molecule has 1 aliphatic rings. The monoisotopic (exact) mass is 659 g/mol. The number of benzene rings is 2. The molecule has 4 atom stereocenters. The van der Waals surface area contributed by atoms with E-state index in [1.165, 1.54) is 0 Å². The number of hydrogen-bond acceptors (Lipinski definition) is 7. The number of likely N-dealkylation sites (tertiary alicyclic amines) is 1. The normalized spacial score (nSPS) is 17.8. The first kappa shape index (κ1) is 36.3. The molecule has 2 aromatic carbocycles. The summed E-state index contributed by atoms with van der Waals surface area (Å²) in [5.41, 5.74) is 1.83. The third-order valence-corrected chi connectivity index (χ3v) is 7.62. The van der Waals surface area contributed by atoms with Gasteiger partial charge in [0.15, 0.2) is 6.04 Å². The number of carboxylic acids is 2. The highest BCUT2D eigenvalue weighted by Gasteiger charge is 2.37. The van der Waals surface area contributed by atoms with Crippen LogP contribution in [0.25, 0.3) is 0 Å². The number of carbonyl (C=O) groups is 5. The van der Waals surface area contributed by atoms with E-state index in [1.807, 2.05) is 37.8 Å². The number of nitrogens with one attached hydrogen (secondary N) is 4. The molecule has 4 unspecified atom stereocenters. The number of hydrogen-bond donors (Lipinski definition) is 6. The molecule has 0 aliphatic carbocycles. The number of anilines is 2. The first-order valence-corrected chi connectivity index (χ1v) is 15.3. The Morgan fingerprint density at radius 3 is 2.02 bits per heavy atom. The zero-order valence-corrected chi connectivity index (χ0v) is 27.1. The third-order valence-electron chi connectivity index (χ3n) is 7.37. The average molecular weight is 660 g/mol. The molecule has 0 bridgehead atoms. The highest BCUT2D eigenvalue weighted by atomic mass is 35.5. The molecule has 0 saturated carbocycles. The summed E-state index contributed by atoms with van der Waals surface area (Å²) in [5.74, 6) is -3.38. The second-order valence-corrected chi connectivity index (χ2v) is 13.0. The van der Waals surface area contributed by atoms with Gasteiger partial charge in [-0.05, 0) is 66.8 Å². The van der Waals surface area contributed by atoms with Crippen molar-refractivity contribution in [2.45, 2.75) is 64.1 Å².